The average molecular weight is 279 g/mol. The Labute approximate surface area is 123 Å². The third kappa shape index (κ3) is 2.92. The smallest absolute Gasteiger partial charge is 0.138 e. The molecule has 21 heavy (non-hydrogen) atoms. The van der Waals surface area contributed by atoms with Crippen LogP contribution in [0.2, 0.25) is 0 Å². The minimum Gasteiger partial charge on any atom is -0.497 e. The van der Waals surface area contributed by atoms with Crippen molar-refractivity contribution in [3.63, 3.8) is 0 Å². The van der Waals surface area contributed by atoms with Crippen LogP contribution in [0.4, 0.5) is 5.69 Å². The molecular formula is C18H17NO2. The van der Waals surface area contributed by atoms with Crippen LogP contribution in [-0.4, -0.2) is 14.2 Å². The van der Waals surface area contributed by atoms with Crippen LogP contribution in [0.3, 0.4) is 0 Å². The lowest BCUT2D eigenvalue weighted by Crippen LogP contribution is -1.86. The van der Waals surface area contributed by atoms with Gasteiger partial charge in [-0.15, -0.1) is 0 Å². The molecule has 0 bridgehead atoms. The monoisotopic (exact) mass is 279 g/mol. The van der Waals surface area contributed by atoms with Gasteiger partial charge in [-0.3, -0.25) is 0 Å². The maximum Gasteiger partial charge on any atom is 0.138 e. The zero-order valence-electron chi connectivity index (χ0n) is 12.1. The zero-order chi connectivity index (χ0) is 14.7. The first-order valence-electron chi connectivity index (χ1n) is 6.82. The molecule has 3 aromatic rings. The number of rotatable bonds is 4. The second-order valence-electron chi connectivity index (χ2n) is 4.76. The van der Waals surface area contributed by atoms with E-state index < -0.39 is 0 Å². The molecule has 0 aliphatic carbocycles. The van der Waals surface area contributed by atoms with E-state index in [1.54, 1.807) is 7.11 Å². The molecule has 3 rings (SSSR count). The molecular weight excluding hydrogens is 262 g/mol. The van der Waals surface area contributed by atoms with E-state index in [1.165, 1.54) is 0 Å². The molecule has 0 fully saturated rings. The highest BCUT2D eigenvalue weighted by Crippen LogP contribution is 2.25. The number of furan rings is 1. The molecule has 0 aliphatic heterocycles. The molecule has 106 valence electrons. The van der Waals surface area contributed by atoms with Crippen molar-refractivity contribution in [3.8, 4) is 5.75 Å². The van der Waals surface area contributed by atoms with E-state index in [1.807, 2.05) is 55.6 Å². The van der Waals surface area contributed by atoms with Gasteiger partial charge in [-0.1, -0.05) is 18.2 Å². The predicted octanol–water partition coefficient (Wildman–Crippen LogP) is 4.65. The van der Waals surface area contributed by atoms with Crippen molar-refractivity contribution in [2.24, 2.45) is 0 Å². The van der Waals surface area contributed by atoms with E-state index in [4.69, 9.17) is 9.15 Å². The fourth-order valence-corrected chi connectivity index (χ4v) is 2.18. The van der Waals surface area contributed by atoms with Crippen molar-refractivity contribution < 1.29 is 9.15 Å². The third-order valence-electron chi connectivity index (χ3n) is 3.39. The van der Waals surface area contributed by atoms with Crippen LogP contribution < -0.4 is 10.1 Å². The molecule has 1 aromatic heterocycles. The topological polar surface area (TPSA) is 34.4 Å². The van der Waals surface area contributed by atoms with Gasteiger partial charge in [0.05, 0.1) is 7.11 Å². The van der Waals surface area contributed by atoms with Gasteiger partial charge >= 0.3 is 0 Å². The predicted molar refractivity (Wildman–Crippen MR) is 87.7 cm³/mol. The Hall–Kier alpha value is -2.68. The fraction of sp³-hybridized carbons (Fsp3) is 0.111. The van der Waals surface area contributed by atoms with Gasteiger partial charge in [-0.25, -0.2) is 0 Å². The summed E-state index contributed by atoms with van der Waals surface area (Å²) in [6.07, 6.45) is 4.01. The normalized spacial score (nSPS) is 11.1. The Morgan fingerprint density at radius 3 is 2.52 bits per heavy atom. The van der Waals surface area contributed by atoms with Crippen molar-refractivity contribution in [1.82, 2.24) is 0 Å². The quantitative estimate of drug-likeness (QED) is 0.754. The fourth-order valence-electron chi connectivity index (χ4n) is 2.18. The molecule has 3 nitrogen and oxygen atoms in total. The van der Waals surface area contributed by atoms with Gasteiger partial charge in [0.15, 0.2) is 0 Å². The van der Waals surface area contributed by atoms with Crippen molar-refractivity contribution in [3.05, 3.63) is 59.9 Å². The van der Waals surface area contributed by atoms with E-state index in [-0.39, 0.29) is 0 Å². The SMILES string of the molecule is CNc1ccc(C=Cc2cc3ccc(OC)cc3o2)cc1. The van der Waals surface area contributed by atoms with Crippen molar-refractivity contribution in [2.75, 3.05) is 19.5 Å². The summed E-state index contributed by atoms with van der Waals surface area (Å²) >= 11 is 0. The van der Waals surface area contributed by atoms with Crippen molar-refractivity contribution in [2.45, 2.75) is 0 Å². The minimum absolute atomic E-state index is 0.801. The highest BCUT2D eigenvalue weighted by atomic mass is 16.5. The number of methoxy groups -OCH3 is 1. The van der Waals surface area contributed by atoms with E-state index >= 15 is 0 Å². The van der Waals surface area contributed by atoms with Gasteiger partial charge < -0.3 is 14.5 Å². The molecule has 0 radical (unpaired) electrons. The summed E-state index contributed by atoms with van der Waals surface area (Å²) < 4.78 is 11.0. The first-order valence-corrected chi connectivity index (χ1v) is 6.82. The number of benzene rings is 2. The molecule has 2 aromatic carbocycles. The second kappa shape index (κ2) is 5.75. The van der Waals surface area contributed by atoms with Gasteiger partial charge in [0, 0.05) is 24.2 Å². The lowest BCUT2D eigenvalue weighted by Gasteiger charge is -1.99. The number of hydrogen-bond acceptors (Lipinski definition) is 3. The Morgan fingerprint density at radius 2 is 1.81 bits per heavy atom. The van der Waals surface area contributed by atoms with Crippen LogP contribution in [-0.2, 0) is 0 Å². The largest absolute Gasteiger partial charge is 0.497 e. The van der Waals surface area contributed by atoms with Gasteiger partial charge in [-0.2, -0.15) is 0 Å². The first kappa shape index (κ1) is 13.3. The van der Waals surface area contributed by atoms with Crippen LogP contribution >= 0.6 is 0 Å². The molecule has 0 unspecified atom stereocenters. The second-order valence-corrected chi connectivity index (χ2v) is 4.76. The lowest BCUT2D eigenvalue weighted by atomic mass is 10.2. The highest BCUT2D eigenvalue weighted by molar-refractivity contribution is 5.83. The zero-order valence-corrected chi connectivity index (χ0v) is 12.1. The molecule has 0 aliphatic rings. The molecule has 1 N–H and O–H groups in total. The molecule has 0 saturated heterocycles. The summed E-state index contributed by atoms with van der Waals surface area (Å²) in [5.74, 6) is 1.63. The van der Waals surface area contributed by atoms with Crippen LogP contribution in [0.1, 0.15) is 11.3 Å². The summed E-state index contributed by atoms with van der Waals surface area (Å²) in [7, 11) is 3.56. The number of hydrogen-bond donors (Lipinski definition) is 1. The molecule has 0 spiro atoms. The molecule has 1 heterocycles. The maximum atomic E-state index is 5.80. The number of ether oxygens (including phenoxy) is 1. The Balaban J connectivity index is 1.84. The Bertz CT molecular complexity index is 770. The summed E-state index contributed by atoms with van der Waals surface area (Å²) in [4.78, 5) is 0. The number of fused-ring (bicyclic) bond motifs is 1. The molecule has 0 atom stereocenters. The first-order chi connectivity index (χ1) is 10.3. The van der Waals surface area contributed by atoms with E-state index in [2.05, 4.69) is 17.4 Å². The van der Waals surface area contributed by atoms with Crippen molar-refractivity contribution in [1.29, 1.82) is 0 Å². The van der Waals surface area contributed by atoms with Crippen LogP contribution in [0, 0.1) is 0 Å². The lowest BCUT2D eigenvalue weighted by molar-refractivity contribution is 0.414. The minimum atomic E-state index is 0.801. The number of anilines is 1. The summed E-state index contributed by atoms with van der Waals surface area (Å²) in [5, 5.41) is 4.17. The Morgan fingerprint density at radius 1 is 1.00 bits per heavy atom. The van der Waals surface area contributed by atoms with E-state index in [0.717, 1.165) is 33.7 Å². The average Bonchev–Trinajstić information content (AvgIpc) is 2.95. The van der Waals surface area contributed by atoms with Gasteiger partial charge in [0.1, 0.15) is 17.1 Å². The Kier molecular flexibility index (Phi) is 3.65. The standard InChI is InChI=1S/C18H17NO2/c1-19-15-7-3-13(4-8-15)5-9-17-11-14-6-10-16(20-2)12-18(14)21-17/h3-12,19H,1-2H3. The van der Waals surface area contributed by atoms with Crippen LogP contribution in [0.15, 0.2) is 52.9 Å². The van der Waals surface area contributed by atoms with E-state index in [9.17, 15) is 0 Å². The summed E-state index contributed by atoms with van der Waals surface area (Å²) in [5.41, 5.74) is 3.06. The van der Waals surface area contributed by atoms with Gasteiger partial charge in [-0.05, 0) is 42.0 Å². The van der Waals surface area contributed by atoms with Crippen molar-refractivity contribution >= 4 is 28.8 Å². The number of nitrogens with one attached hydrogen (secondary N) is 1. The van der Waals surface area contributed by atoms with Crippen LogP contribution in [0.25, 0.3) is 23.1 Å². The highest BCUT2D eigenvalue weighted by Gasteiger charge is 2.02. The van der Waals surface area contributed by atoms with Gasteiger partial charge in [0.25, 0.3) is 0 Å². The molecule has 0 amide bonds. The molecule has 3 heteroatoms. The molecule has 0 saturated carbocycles. The summed E-state index contributed by atoms with van der Waals surface area (Å²) in [6.45, 7) is 0. The summed E-state index contributed by atoms with van der Waals surface area (Å²) in [6, 6.07) is 16.1. The van der Waals surface area contributed by atoms with E-state index in [0.29, 0.717) is 0 Å². The maximum absolute atomic E-state index is 5.80. The van der Waals surface area contributed by atoms with Gasteiger partial charge in [0.2, 0.25) is 0 Å². The third-order valence-corrected chi connectivity index (χ3v) is 3.39. The van der Waals surface area contributed by atoms with Crippen LogP contribution in [0.5, 0.6) is 5.75 Å².